The van der Waals surface area contributed by atoms with Gasteiger partial charge in [-0.2, -0.15) is 0 Å². The molecule has 0 heterocycles. The Kier molecular flexibility index (Phi) is 2.76. The van der Waals surface area contributed by atoms with Crippen LogP contribution >= 0.6 is 0 Å². The topological polar surface area (TPSA) is 19.9 Å². The molecule has 0 unspecified atom stereocenters. The van der Waals surface area contributed by atoms with E-state index in [0.717, 1.165) is 5.56 Å². The summed E-state index contributed by atoms with van der Waals surface area (Å²) < 4.78 is 0. The zero-order valence-electron chi connectivity index (χ0n) is 8.75. The molecule has 0 amide bonds. The number of rotatable bonds is 1. The van der Waals surface area contributed by atoms with Gasteiger partial charge in [-0.05, 0) is 42.9 Å². The zero-order chi connectivity index (χ0) is 9.97. The van der Waals surface area contributed by atoms with Crippen molar-refractivity contribution in [1.29, 1.82) is 0 Å². The second-order valence-electron chi connectivity index (χ2n) is 4.36. The van der Waals surface area contributed by atoms with Crippen molar-refractivity contribution >= 4 is 0 Å². The first-order chi connectivity index (χ1) is 6.77. The molecule has 1 saturated carbocycles. The average Bonchev–Trinajstić information content (AvgIpc) is 2.23. The van der Waals surface area contributed by atoms with E-state index in [0.29, 0.717) is 5.92 Å². The van der Waals surface area contributed by atoms with Gasteiger partial charge in [0, 0.05) is 0 Å². The van der Waals surface area contributed by atoms with Crippen LogP contribution in [0.2, 0.25) is 0 Å². The second-order valence-corrected chi connectivity index (χ2v) is 4.36. The molecule has 0 aliphatic heterocycles. The van der Waals surface area contributed by atoms with Crippen molar-refractivity contribution < 1.29 is 5.11 Å². The third kappa shape index (κ3) is 1.92. The normalized spacial score (nSPS) is 18.4. The molecule has 0 saturated heterocycles. The molecule has 1 heteroatoms. The average molecular weight is 189 g/mol. The molecule has 75 valence electrons. The number of benzene rings is 1. The van der Waals surface area contributed by atoms with Gasteiger partial charge in [-0.25, -0.2) is 0 Å². The minimum atomic E-state index is 0.171. The Morgan fingerprint density at radius 3 is 2.50 bits per heavy atom. The Balaban J connectivity index is 2.18. The number of hydrogen-bond donors (Lipinski definition) is 0. The molecule has 0 N–H and O–H groups in total. The molecule has 1 aliphatic carbocycles. The van der Waals surface area contributed by atoms with E-state index in [9.17, 15) is 5.11 Å². The lowest BCUT2D eigenvalue weighted by Gasteiger charge is -2.22. The summed E-state index contributed by atoms with van der Waals surface area (Å²) in [5.74, 6) is 0.882. The van der Waals surface area contributed by atoms with Gasteiger partial charge in [-0.3, -0.25) is 5.11 Å². The maximum Gasteiger partial charge on any atom is 0.181 e. The van der Waals surface area contributed by atoms with Gasteiger partial charge in [0.1, 0.15) is 0 Å². The van der Waals surface area contributed by atoms with E-state index in [2.05, 4.69) is 6.07 Å². The molecule has 1 fully saturated rings. The third-order valence-electron chi connectivity index (χ3n) is 3.28. The fourth-order valence-corrected chi connectivity index (χ4v) is 2.36. The summed E-state index contributed by atoms with van der Waals surface area (Å²) >= 11 is 0. The third-order valence-corrected chi connectivity index (χ3v) is 3.28. The molecule has 0 aromatic heterocycles. The van der Waals surface area contributed by atoms with Gasteiger partial charge in [-0.15, -0.1) is 0 Å². The van der Waals surface area contributed by atoms with E-state index < -0.39 is 0 Å². The first-order valence-corrected chi connectivity index (χ1v) is 5.55. The Bertz CT molecular complexity index is 311. The Labute approximate surface area is 85.8 Å². The molecule has 2 rings (SSSR count). The number of aryl methyl sites for hydroxylation is 1. The SMILES string of the molecule is Cc1cc(C2CCCCC2)ccc1[O]. The molecule has 0 spiro atoms. The van der Waals surface area contributed by atoms with E-state index in [1.165, 1.54) is 37.7 Å². The van der Waals surface area contributed by atoms with Crippen molar-refractivity contribution in [3.05, 3.63) is 29.3 Å². The Hall–Kier alpha value is -0.980. The largest absolute Gasteiger partial charge is 0.290 e. The summed E-state index contributed by atoms with van der Waals surface area (Å²) in [5.41, 5.74) is 2.27. The molecule has 1 radical (unpaired) electrons. The van der Waals surface area contributed by atoms with Crippen molar-refractivity contribution in [3.8, 4) is 5.75 Å². The molecule has 14 heavy (non-hydrogen) atoms. The van der Waals surface area contributed by atoms with Gasteiger partial charge in [0.05, 0.1) is 0 Å². The van der Waals surface area contributed by atoms with Crippen LogP contribution in [0.3, 0.4) is 0 Å². The fourth-order valence-electron chi connectivity index (χ4n) is 2.36. The lowest BCUT2D eigenvalue weighted by Crippen LogP contribution is -2.04. The van der Waals surface area contributed by atoms with E-state index in [-0.39, 0.29) is 5.75 Å². The highest BCUT2D eigenvalue weighted by atomic mass is 16.3. The van der Waals surface area contributed by atoms with Crippen molar-refractivity contribution in [2.75, 3.05) is 0 Å². The van der Waals surface area contributed by atoms with Crippen LogP contribution in [-0.2, 0) is 5.11 Å². The highest BCUT2D eigenvalue weighted by Gasteiger charge is 2.15. The lowest BCUT2D eigenvalue weighted by molar-refractivity contribution is 0.351. The van der Waals surface area contributed by atoms with Gasteiger partial charge in [0.2, 0.25) is 0 Å². The van der Waals surface area contributed by atoms with Crippen molar-refractivity contribution in [3.63, 3.8) is 0 Å². The monoisotopic (exact) mass is 189 g/mol. The zero-order valence-corrected chi connectivity index (χ0v) is 8.75. The molecule has 0 bridgehead atoms. The first kappa shape index (κ1) is 9.57. The summed E-state index contributed by atoms with van der Waals surface area (Å²) in [6.07, 6.45) is 6.69. The Morgan fingerprint density at radius 2 is 1.86 bits per heavy atom. The molecule has 0 atom stereocenters. The highest BCUT2D eigenvalue weighted by molar-refractivity contribution is 5.36. The smallest absolute Gasteiger partial charge is 0.181 e. The molecule has 1 aliphatic rings. The van der Waals surface area contributed by atoms with Crippen LogP contribution in [0.1, 0.15) is 49.1 Å². The molecule has 1 nitrogen and oxygen atoms in total. The second kappa shape index (κ2) is 4.04. The van der Waals surface area contributed by atoms with Crippen LogP contribution in [0.15, 0.2) is 18.2 Å². The van der Waals surface area contributed by atoms with Crippen LogP contribution < -0.4 is 0 Å². The quantitative estimate of drug-likeness (QED) is 0.631. The fraction of sp³-hybridized carbons (Fsp3) is 0.538. The summed E-state index contributed by atoms with van der Waals surface area (Å²) in [6.45, 7) is 1.91. The first-order valence-electron chi connectivity index (χ1n) is 5.55. The van der Waals surface area contributed by atoms with Crippen LogP contribution in [0, 0.1) is 6.92 Å². The van der Waals surface area contributed by atoms with Gasteiger partial charge >= 0.3 is 0 Å². The van der Waals surface area contributed by atoms with Crippen molar-refractivity contribution in [2.45, 2.75) is 44.9 Å². The maximum absolute atomic E-state index is 11.3. The van der Waals surface area contributed by atoms with Crippen LogP contribution in [0.5, 0.6) is 5.75 Å². The molecular weight excluding hydrogens is 172 g/mol. The van der Waals surface area contributed by atoms with Gasteiger partial charge in [0.25, 0.3) is 0 Å². The standard InChI is InChI=1S/C13H17O/c1-10-9-12(7-8-13(10)14)11-5-3-2-4-6-11/h7-9,11H,2-6H2,1H3. The van der Waals surface area contributed by atoms with Gasteiger partial charge in [0.15, 0.2) is 5.75 Å². The van der Waals surface area contributed by atoms with E-state index in [1.54, 1.807) is 6.07 Å². The summed E-state index contributed by atoms with van der Waals surface area (Å²) in [6, 6.07) is 5.82. The van der Waals surface area contributed by atoms with Crippen LogP contribution in [-0.4, -0.2) is 0 Å². The minimum absolute atomic E-state index is 0.171. The summed E-state index contributed by atoms with van der Waals surface area (Å²) in [5, 5.41) is 11.3. The van der Waals surface area contributed by atoms with Gasteiger partial charge in [-0.1, -0.05) is 31.4 Å². The molecular formula is C13H17O. The van der Waals surface area contributed by atoms with Crippen molar-refractivity contribution in [2.24, 2.45) is 0 Å². The van der Waals surface area contributed by atoms with Crippen molar-refractivity contribution in [1.82, 2.24) is 0 Å². The number of hydrogen-bond acceptors (Lipinski definition) is 0. The predicted octanol–water partition coefficient (Wildman–Crippen LogP) is 4.19. The lowest BCUT2D eigenvalue weighted by atomic mass is 9.83. The minimum Gasteiger partial charge on any atom is -0.290 e. The van der Waals surface area contributed by atoms with E-state index in [4.69, 9.17) is 0 Å². The summed E-state index contributed by atoms with van der Waals surface area (Å²) in [4.78, 5) is 0. The van der Waals surface area contributed by atoms with E-state index >= 15 is 0 Å². The molecule has 1 aromatic rings. The predicted molar refractivity (Wildman–Crippen MR) is 57.1 cm³/mol. The van der Waals surface area contributed by atoms with Gasteiger partial charge < -0.3 is 0 Å². The summed E-state index contributed by atoms with van der Waals surface area (Å²) in [7, 11) is 0. The highest BCUT2D eigenvalue weighted by Crippen LogP contribution is 2.34. The molecule has 1 aromatic carbocycles. The van der Waals surface area contributed by atoms with Crippen LogP contribution in [0.4, 0.5) is 0 Å². The Morgan fingerprint density at radius 1 is 1.14 bits per heavy atom. The van der Waals surface area contributed by atoms with E-state index in [1.807, 2.05) is 13.0 Å². The van der Waals surface area contributed by atoms with Crippen LogP contribution in [0.25, 0.3) is 0 Å². The maximum atomic E-state index is 11.3.